The van der Waals surface area contributed by atoms with Gasteiger partial charge in [-0.15, -0.1) is 11.3 Å². The summed E-state index contributed by atoms with van der Waals surface area (Å²) in [4.78, 5) is 15.8. The van der Waals surface area contributed by atoms with Gasteiger partial charge >= 0.3 is 6.18 Å². The van der Waals surface area contributed by atoms with E-state index in [0.29, 0.717) is 18.6 Å². The van der Waals surface area contributed by atoms with E-state index in [2.05, 4.69) is 10.3 Å². The third kappa shape index (κ3) is 4.01. The fourth-order valence-corrected chi connectivity index (χ4v) is 2.24. The summed E-state index contributed by atoms with van der Waals surface area (Å²) in [6, 6.07) is 2.16. The lowest BCUT2D eigenvalue weighted by molar-refractivity contribution is -0.140. The van der Waals surface area contributed by atoms with Gasteiger partial charge in [-0.1, -0.05) is 0 Å². The number of nitrogens with zero attached hydrogens (tertiary/aromatic N) is 1. The molecular formula is C13H10F4N2OS. The minimum atomic E-state index is -4.83. The van der Waals surface area contributed by atoms with E-state index in [1.54, 1.807) is 5.51 Å². The van der Waals surface area contributed by atoms with Crippen molar-refractivity contribution >= 4 is 17.2 Å². The van der Waals surface area contributed by atoms with Gasteiger partial charge < -0.3 is 5.32 Å². The molecule has 0 fully saturated rings. The van der Waals surface area contributed by atoms with E-state index in [4.69, 9.17) is 0 Å². The van der Waals surface area contributed by atoms with Crippen LogP contribution in [0.2, 0.25) is 0 Å². The van der Waals surface area contributed by atoms with E-state index < -0.39 is 23.5 Å². The number of hydrogen-bond acceptors (Lipinski definition) is 3. The second-order valence-corrected chi connectivity index (χ2v) is 4.90. The molecule has 112 valence electrons. The van der Waals surface area contributed by atoms with Gasteiger partial charge in [-0.2, -0.15) is 13.2 Å². The number of rotatable bonds is 4. The Balaban J connectivity index is 2.02. The molecule has 2 rings (SSSR count). The van der Waals surface area contributed by atoms with E-state index in [-0.39, 0.29) is 12.1 Å². The number of carbonyl (C=O) groups excluding carboxylic acids is 1. The van der Waals surface area contributed by atoms with Crippen molar-refractivity contribution < 1.29 is 22.4 Å². The average molecular weight is 318 g/mol. The molecule has 0 aliphatic carbocycles. The van der Waals surface area contributed by atoms with Gasteiger partial charge in [-0.25, -0.2) is 9.37 Å². The number of carbonyl (C=O) groups is 1. The van der Waals surface area contributed by atoms with Crippen LogP contribution in [0.5, 0.6) is 0 Å². The van der Waals surface area contributed by atoms with Crippen molar-refractivity contribution in [3.63, 3.8) is 0 Å². The van der Waals surface area contributed by atoms with Crippen LogP contribution in [0, 0.1) is 5.82 Å². The Kier molecular flexibility index (Phi) is 4.56. The lowest BCUT2D eigenvalue weighted by Gasteiger charge is -2.10. The molecule has 0 saturated heterocycles. The molecule has 0 unspecified atom stereocenters. The molecule has 0 aliphatic rings. The summed E-state index contributed by atoms with van der Waals surface area (Å²) < 4.78 is 50.8. The third-order valence-electron chi connectivity index (χ3n) is 2.68. The fourth-order valence-electron chi connectivity index (χ4n) is 1.65. The molecule has 1 N–H and O–H groups in total. The molecule has 3 nitrogen and oxygen atoms in total. The summed E-state index contributed by atoms with van der Waals surface area (Å²) in [7, 11) is 0. The molecule has 0 radical (unpaired) electrons. The molecule has 1 heterocycles. The van der Waals surface area contributed by atoms with Gasteiger partial charge in [-0.05, 0) is 18.2 Å². The van der Waals surface area contributed by atoms with Crippen LogP contribution in [0.25, 0.3) is 0 Å². The summed E-state index contributed by atoms with van der Waals surface area (Å²) in [5, 5.41) is 4.28. The van der Waals surface area contributed by atoms with Crippen molar-refractivity contribution in [3.05, 3.63) is 51.7 Å². The average Bonchev–Trinajstić information content (AvgIpc) is 2.91. The lowest BCUT2D eigenvalue weighted by atomic mass is 10.1. The molecule has 0 aliphatic heterocycles. The van der Waals surface area contributed by atoms with E-state index in [0.717, 1.165) is 11.8 Å². The maximum atomic E-state index is 13.1. The molecule has 2 aromatic rings. The highest BCUT2D eigenvalue weighted by Gasteiger charge is 2.34. The fraction of sp³-hybridized carbons (Fsp3) is 0.231. The van der Waals surface area contributed by atoms with E-state index in [9.17, 15) is 22.4 Å². The third-order valence-corrected chi connectivity index (χ3v) is 3.32. The van der Waals surface area contributed by atoms with Crippen molar-refractivity contribution in [2.75, 3.05) is 6.54 Å². The van der Waals surface area contributed by atoms with Gasteiger partial charge in [0.1, 0.15) is 5.82 Å². The minimum Gasteiger partial charge on any atom is -0.352 e. The molecule has 0 spiro atoms. The highest BCUT2D eigenvalue weighted by atomic mass is 32.1. The number of hydrogen-bond donors (Lipinski definition) is 1. The molecule has 0 bridgehead atoms. The van der Waals surface area contributed by atoms with Crippen LogP contribution in [0.3, 0.4) is 0 Å². The molecule has 8 heteroatoms. The predicted octanol–water partition coefficient (Wildman–Crippen LogP) is 3.27. The molecule has 0 saturated carbocycles. The summed E-state index contributed by atoms with van der Waals surface area (Å²) in [6.07, 6.45) is -4.36. The number of thiazole rings is 1. The van der Waals surface area contributed by atoms with Crippen molar-refractivity contribution in [2.24, 2.45) is 0 Å². The number of halogens is 4. The minimum absolute atomic E-state index is 0.234. The maximum absolute atomic E-state index is 13.1. The first-order valence-electron chi connectivity index (χ1n) is 5.90. The standard InChI is InChI=1S/C13H10F4N2OS/c14-11-2-1-8(5-10(11)13(15,16)17)12(20)18-4-3-9-6-21-7-19-9/h1-2,5-7H,3-4H2,(H,18,20). The van der Waals surface area contributed by atoms with E-state index >= 15 is 0 Å². The Labute approximate surface area is 121 Å². The second kappa shape index (κ2) is 6.21. The molecule has 21 heavy (non-hydrogen) atoms. The van der Waals surface area contributed by atoms with Crippen LogP contribution >= 0.6 is 11.3 Å². The Morgan fingerprint density at radius 1 is 1.33 bits per heavy atom. The summed E-state index contributed by atoms with van der Waals surface area (Å²) in [5.74, 6) is -2.09. The number of benzene rings is 1. The topological polar surface area (TPSA) is 42.0 Å². The first kappa shape index (κ1) is 15.4. The molecule has 0 atom stereocenters. The van der Waals surface area contributed by atoms with Gasteiger partial charge in [0, 0.05) is 23.9 Å². The zero-order valence-electron chi connectivity index (χ0n) is 10.6. The smallest absolute Gasteiger partial charge is 0.352 e. The lowest BCUT2D eigenvalue weighted by Crippen LogP contribution is -2.26. The first-order chi connectivity index (χ1) is 9.88. The normalized spacial score (nSPS) is 11.4. The summed E-state index contributed by atoms with van der Waals surface area (Å²) in [5.41, 5.74) is 0.749. The monoisotopic (exact) mass is 318 g/mol. The molecule has 1 aromatic heterocycles. The summed E-state index contributed by atoms with van der Waals surface area (Å²) >= 11 is 1.41. The SMILES string of the molecule is O=C(NCCc1cscn1)c1ccc(F)c(C(F)(F)F)c1. The number of amides is 1. The van der Waals surface area contributed by atoms with E-state index in [1.807, 2.05) is 5.38 Å². The Morgan fingerprint density at radius 2 is 2.10 bits per heavy atom. The maximum Gasteiger partial charge on any atom is 0.419 e. The van der Waals surface area contributed by atoms with Crippen molar-refractivity contribution in [1.29, 1.82) is 0 Å². The number of alkyl halides is 3. The van der Waals surface area contributed by atoms with Gasteiger partial charge in [0.15, 0.2) is 0 Å². The second-order valence-electron chi connectivity index (χ2n) is 4.18. The Bertz CT molecular complexity index is 626. The Hall–Kier alpha value is -1.96. The number of aromatic nitrogens is 1. The molecular weight excluding hydrogens is 308 g/mol. The van der Waals surface area contributed by atoms with Crippen LogP contribution in [-0.2, 0) is 12.6 Å². The van der Waals surface area contributed by atoms with Crippen LogP contribution in [-0.4, -0.2) is 17.4 Å². The highest BCUT2D eigenvalue weighted by Crippen LogP contribution is 2.31. The summed E-state index contributed by atoms with van der Waals surface area (Å²) in [6.45, 7) is 0.237. The molecule has 1 aromatic carbocycles. The number of nitrogens with one attached hydrogen (secondary N) is 1. The van der Waals surface area contributed by atoms with Crippen LogP contribution in [0.15, 0.2) is 29.1 Å². The van der Waals surface area contributed by atoms with Crippen molar-refractivity contribution in [1.82, 2.24) is 10.3 Å². The van der Waals surface area contributed by atoms with Gasteiger partial charge in [0.2, 0.25) is 0 Å². The van der Waals surface area contributed by atoms with Gasteiger partial charge in [0.25, 0.3) is 5.91 Å². The quantitative estimate of drug-likeness (QED) is 0.879. The first-order valence-corrected chi connectivity index (χ1v) is 6.84. The molecule has 1 amide bonds. The van der Waals surface area contributed by atoms with Crippen LogP contribution in [0.1, 0.15) is 21.6 Å². The highest BCUT2D eigenvalue weighted by molar-refractivity contribution is 7.07. The van der Waals surface area contributed by atoms with Gasteiger partial charge in [0.05, 0.1) is 16.8 Å². The van der Waals surface area contributed by atoms with Crippen molar-refractivity contribution in [2.45, 2.75) is 12.6 Å². The van der Waals surface area contributed by atoms with Crippen LogP contribution in [0.4, 0.5) is 17.6 Å². The van der Waals surface area contributed by atoms with Crippen LogP contribution < -0.4 is 5.32 Å². The predicted molar refractivity (Wildman–Crippen MR) is 69.6 cm³/mol. The zero-order chi connectivity index (χ0) is 15.5. The van der Waals surface area contributed by atoms with Gasteiger partial charge in [-0.3, -0.25) is 4.79 Å². The largest absolute Gasteiger partial charge is 0.419 e. The van der Waals surface area contributed by atoms with Crippen molar-refractivity contribution in [3.8, 4) is 0 Å². The Morgan fingerprint density at radius 3 is 2.71 bits per heavy atom. The zero-order valence-corrected chi connectivity index (χ0v) is 11.4. The van der Waals surface area contributed by atoms with E-state index in [1.165, 1.54) is 11.3 Å².